The van der Waals surface area contributed by atoms with Crippen molar-refractivity contribution in [3.05, 3.63) is 21.8 Å². The Morgan fingerprint density at radius 2 is 2.00 bits per heavy atom. The molecular weight excluding hydrogens is 439 g/mol. The summed E-state index contributed by atoms with van der Waals surface area (Å²) in [6, 6.07) is 0. The summed E-state index contributed by atoms with van der Waals surface area (Å²) in [4.78, 5) is 23.7. The van der Waals surface area contributed by atoms with E-state index >= 15 is 0 Å². The molecule has 4 aliphatic carbocycles. The highest BCUT2D eigenvalue weighted by Crippen LogP contribution is 2.66. The van der Waals surface area contributed by atoms with Crippen molar-refractivity contribution in [1.29, 1.82) is 0 Å². The lowest BCUT2D eigenvalue weighted by molar-refractivity contribution is -0.169. The van der Waals surface area contributed by atoms with Gasteiger partial charge in [0.05, 0.1) is 0 Å². The summed E-state index contributed by atoms with van der Waals surface area (Å²) in [5, 5.41) is 0. The molecule has 3 fully saturated rings. The van der Waals surface area contributed by atoms with Crippen LogP contribution in [0.4, 0.5) is 0 Å². The SMILES string of the molecule is CC(=O)O[C@@]1(/C=C/I)CC[C@H]2[C@@H]3CCC4=CC(=O)CC[C@@H]4[C@H]3CC[C@@]21C. The normalized spacial score (nSPS) is 44.9. The van der Waals surface area contributed by atoms with Gasteiger partial charge in [-0.2, -0.15) is 0 Å². The number of fused-ring (bicyclic) bond motifs is 5. The van der Waals surface area contributed by atoms with Gasteiger partial charge in [-0.25, -0.2) is 0 Å². The molecule has 3 saturated carbocycles. The molecule has 4 rings (SSSR count). The predicted molar refractivity (Wildman–Crippen MR) is 110 cm³/mol. The van der Waals surface area contributed by atoms with Crippen LogP contribution in [0.3, 0.4) is 0 Å². The summed E-state index contributed by atoms with van der Waals surface area (Å²) in [6.45, 7) is 3.91. The first-order valence-electron chi connectivity index (χ1n) is 10.1. The number of ether oxygens (including phenoxy) is 1. The van der Waals surface area contributed by atoms with Crippen molar-refractivity contribution in [3.8, 4) is 0 Å². The Morgan fingerprint density at radius 3 is 2.73 bits per heavy atom. The lowest BCUT2D eigenvalue weighted by Gasteiger charge is -2.55. The summed E-state index contributed by atoms with van der Waals surface area (Å²) in [5.41, 5.74) is 1.03. The molecule has 26 heavy (non-hydrogen) atoms. The van der Waals surface area contributed by atoms with Crippen LogP contribution in [0.25, 0.3) is 0 Å². The molecule has 0 aromatic carbocycles. The molecule has 0 unspecified atom stereocenters. The van der Waals surface area contributed by atoms with Crippen LogP contribution in [-0.4, -0.2) is 17.4 Å². The Bertz CT molecular complexity index is 681. The van der Waals surface area contributed by atoms with Crippen LogP contribution < -0.4 is 0 Å². The smallest absolute Gasteiger partial charge is 0.303 e. The van der Waals surface area contributed by atoms with Gasteiger partial charge in [-0.3, -0.25) is 9.59 Å². The molecule has 0 radical (unpaired) electrons. The Hall–Kier alpha value is -0.650. The Morgan fingerprint density at radius 1 is 1.19 bits per heavy atom. The van der Waals surface area contributed by atoms with Gasteiger partial charge >= 0.3 is 5.97 Å². The molecule has 142 valence electrons. The molecule has 0 aliphatic heterocycles. The van der Waals surface area contributed by atoms with Crippen LogP contribution >= 0.6 is 22.6 Å². The number of hydrogen-bond acceptors (Lipinski definition) is 3. The summed E-state index contributed by atoms with van der Waals surface area (Å²) < 4.78 is 8.06. The van der Waals surface area contributed by atoms with Crippen molar-refractivity contribution in [2.24, 2.45) is 29.1 Å². The van der Waals surface area contributed by atoms with Crippen LogP contribution in [0.5, 0.6) is 0 Å². The average Bonchev–Trinajstić information content (AvgIpc) is 2.86. The van der Waals surface area contributed by atoms with E-state index in [2.05, 4.69) is 35.6 Å². The molecule has 0 N–H and O–H groups in total. The predicted octanol–water partition coefficient (Wildman–Crippen LogP) is 5.38. The third-order valence-corrected chi connectivity index (χ3v) is 8.50. The number of halogens is 1. The van der Waals surface area contributed by atoms with Crippen LogP contribution in [0.15, 0.2) is 21.8 Å². The number of hydrogen-bond donors (Lipinski definition) is 0. The fraction of sp³-hybridized carbons (Fsp3) is 0.727. The van der Waals surface area contributed by atoms with Gasteiger partial charge in [0.1, 0.15) is 5.60 Å². The zero-order chi connectivity index (χ0) is 18.5. The van der Waals surface area contributed by atoms with Crippen LogP contribution in [-0.2, 0) is 14.3 Å². The van der Waals surface area contributed by atoms with Gasteiger partial charge in [-0.05, 0) is 84.9 Å². The zero-order valence-electron chi connectivity index (χ0n) is 15.8. The van der Waals surface area contributed by atoms with Crippen molar-refractivity contribution >= 4 is 34.3 Å². The number of esters is 1. The molecular formula is C22H29IO3. The van der Waals surface area contributed by atoms with Gasteiger partial charge in [0, 0.05) is 18.8 Å². The molecule has 6 atom stereocenters. The fourth-order valence-electron chi connectivity index (χ4n) is 7.05. The molecule has 0 bridgehead atoms. The minimum absolute atomic E-state index is 0.0349. The number of carbonyl (C=O) groups is 2. The first-order valence-corrected chi connectivity index (χ1v) is 11.4. The van der Waals surface area contributed by atoms with E-state index in [1.54, 1.807) is 6.92 Å². The topological polar surface area (TPSA) is 43.4 Å². The van der Waals surface area contributed by atoms with Gasteiger partial charge in [-0.15, -0.1) is 0 Å². The lowest BCUT2D eigenvalue weighted by Crippen LogP contribution is -2.53. The number of carbonyl (C=O) groups excluding carboxylic acids is 2. The second-order valence-electron chi connectivity index (χ2n) is 9.07. The number of allylic oxidation sites excluding steroid dienone is 1. The summed E-state index contributed by atoms with van der Waals surface area (Å²) in [7, 11) is 0. The molecule has 0 aromatic rings. The van der Waals surface area contributed by atoms with Crippen LogP contribution in [0, 0.1) is 29.1 Å². The molecule has 0 saturated heterocycles. The second-order valence-corrected chi connectivity index (χ2v) is 9.79. The van der Waals surface area contributed by atoms with Crippen molar-refractivity contribution in [2.45, 2.75) is 70.8 Å². The maximum Gasteiger partial charge on any atom is 0.303 e. The largest absolute Gasteiger partial charge is 0.454 e. The molecule has 4 heteroatoms. The minimum atomic E-state index is -0.436. The van der Waals surface area contributed by atoms with E-state index in [-0.39, 0.29) is 11.4 Å². The molecule has 3 nitrogen and oxygen atoms in total. The summed E-state index contributed by atoms with van der Waals surface area (Å²) >= 11 is 2.26. The maximum absolute atomic E-state index is 11.9. The van der Waals surface area contributed by atoms with Gasteiger partial charge < -0.3 is 4.74 Å². The first kappa shape index (κ1) is 18.7. The van der Waals surface area contributed by atoms with Crippen LogP contribution in [0.1, 0.15) is 65.2 Å². The fourth-order valence-corrected chi connectivity index (χ4v) is 7.63. The highest BCUT2D eigenvalue weighted by molar-refractivity contribution is 14.1. The van der Waals surface area contributed by atoms with E-state index in [1.165, 1.54) is 18.4 Å². The van der Waals surface area contributed by atoms with Gasteiger partial charge in [0.2, 0.25) is 0 Å². The Balaban J connectivity index is 1.65. The Labute approximate surface area is 170 Å². The minimum Gasteiger partial charge on any atom is -0.454 e. The quantitative estimate of drug-likeness (QED) is 0.404. The first-order chi connectivity index (χ1) is 12.4. The van der Waals surface area contributed by atoms with Crippen molar-refractivity contribution in [3.63, 3.8) is 0 Å². The summed E-state index contributed by atoms with van der Waals surface area (Å²) in [5.74, 6) is 2.84. The van der Waals surface area contributed by atoms with E-state index in [1.807, 2.05) is 10.2 Å². The van der Waals surface area contributed by atoms with Crippen LogP contribution in [0.2, 0.25) is 0 Å². The highest BCUT2D eigenvalue weighted by atomic mass is 127. The number of ketones is 1. The lowest BCUT2D eigenvalue weighted by atomic mass is 9.50. The van der Waals surface area contributed by atoms with Gasteiger partial charge in [0.15, 0.2) is 5.78 Å². The van der Waals surface area contributed by atoms with Crippen molar-refractivity contribution < 1.29 is 14.3 Å². The van der Waals surface area contributed by atoms with E-state index in [4.69, 9.17) is 4.74 Å². The summed E-state index contributed by atoms with van der Waals surface area (Å²) in [6.07, 6.45) is 12.6. The standard InChI is InChI=1S/C22H29IO3/c1-14(24)26-22(11-12-23)10-8-20-19-5-3-15-13-16(25)4-6-17(15)18(19)7-9-21(20,22)2/h11-13,17-20H,3-10H2,1-2H3/b12-11+/t17-,18+,19+,20-,21-,22+/m0/s1. The van der Waals surface area contributed by atoms with Gasteiger partial charge in [-0.1, -0.05) is 35.1 Å². The third kappa shape index (κ3) is 2.73. The molecule has 0 aromatic heterocycles. The monoisotopic (exact) mass is 468 g/mol. The van der Waals surface area contributed by atoms with E-state index in [0.29, 0.717) is 23.5 Å². The van der Waals surface area contributed by atoms with Crippen molar-refractivity contribution in [1.82, 2.24) is 0 Å². The average molecular weight is 468 g/mol. The molecule has 4 aliphatic rings. The van der Waals surface area contributed by atoms with E-state index in [9.17, 15) is 9.59 Å². The zero-order valence-corrected chi connectivity index (χ0v) is 18.0. The molecule has 0 amide bonds. The van der Waals surface area contributed by atoms with Gasteiger partial charge in [0.25, 0.3) is 0 Å². The maximum atomic E-state index is 11.9. The Kier molecular flexibility index (Phi) is 4.85. The van der Waals surface area contributed by atoms with E-state index in [0.717, 1.165) is 44.4 Å². The third-order valence-electron chi connectivity index (χ3n) is 8.14. The molecule has 0 spiro atoms. The molecule has 0 heterocycles. The highest BCUT2D eigenvalue weighted by Gasteiger charge is 2.63. The van der Waals surface area contributed by atoms with Crippen molar-refractivity contribution in [2.75, 3.05) is 0 Å². The van der Waals surface area contributed by atoms with E-state index < -0.39 is 5.60 Å². The number of rotatable bonds is 2. The second kappa shape index (κ2) is 6.75.